The minimum atomic E-state index is -0.314. The van der Waals surface area contributed by atoms with Crippen LogP contribution in [0.25, 0.3) is 12.0 Å². The van der Waals surface area contributed by atoms with Gasteiger partial charge in [0, 0.05) is 41.6 Å². The van der Waals surface area contributed by atoms with Crippen molar-refractivity contribution < 1.29 is 14.3 Å². The Hall–Kier alpha value is -3.68. The van der Waals surface area contributed by atoms with Crippen LogP contribution in [-0.4, -0.2) is 39.9 Å². The molecule has 8 heteroatoms. The smallest absolute Gasteiger partial charge is 0.252 e. The van der Waals surface area contributed by atoms with Gasteiger partial charge < -0.3 is 14.8 Å². The average molecular weight is 407 g/mol. The topological polar surface area (TPSA) is 91.2 Å². The summed E-state index contributed by atoms with van der Waals surface area (Å²) in [6, 6.07) is 8.94. The number of hydrogen-bond acceptors (Lipinski definition) is 6. The molecule has 0 aliphatic heterocycles. The molecular formula is C22H25N5O3. The molecule has 0 aliphatic carbocycles. The summed E-state index contributed by atoms with van der Waals surface area (Å²) in [6.45, 7) is 6.15. The molecule has 0 unspecified atom stereocenters. The van der Waals surface area contributed by atoms with Crippen molar-refractivity contribution in [2.45, 2.75) is 26.2 Å². The lowest BCUT2D eigenvalue weighted by Gasteiger charge is -2.13. The first kappa shape index (κ1) is 21.0. The summed E-state index contributed by atoms with van der Waals surface area (Å²) >= 11 is 0. The van der Waals surface area contributed by atoms with E-state index in [-0.39, 0.29) is 11.3 Å². The van der Waals surface area contributed by atoms with E-state index in [4.69, 9.17) is 9.47 Å². The van der Waals surface area contributed by atoms with Gasteiger partial charge in [0.2, 0.25) is 5.91 Å². The molecule has 3 rings (SSSR count). The van der Waals surface area contributed by atoms with Crippen molar-refractivity contribution in [1.82, 2.24) is 19.7 Å². The first-order valence-corrected chi connectivity index (χ1v) is 9.41. The summed E-state index contributed by atoms with van der Waals surface area (Å²) in [4.78, 5) is 21.1. The zero-order chi connectivity index (χ0) is 21.7. The molecule has 2 heterocycles. The van der Waals surface area contributed by atoms with E-state index >= 15 is 0 Å². The lowest BCUT2D eigenvalue weighted by atomic mass is 9.92. The summed E-state index contributed by atoms with van der Waals surface area (Å²) in [5, 5.41) is 7.45. The molecule has 156 valence electrons. The number of nitrogens with one attached hydrogen (secondary N) is 1. The quantitative estimate of drug-likeness (QED) is 0.628. The molecular weight excluding hydrogens is 382 g/mol. The van der Waals surface area contributed by atoms with Crippen LogP contribution in [0.15, 0.2) is 48.8 Å². The summed E-state index contributed by atoms with van der Waals surface area (Å²) in [5.74, 6) is 1.84. The number of rotatable bonds is 6. The van der Waals surface area contributed by atoms with Crippen molar-refractivity contribution in [3.63, 3.8) is 0 Å². The number of methoxy groups -OCH3 is 2. The summed E-state index contributed by atoms with van der Waals surface area (Å²) in [5.41, 5.74) is 1.36. The number of aromatic nitrogens is 4. The lowest BCUT2D eigenvalue weighted by Crippen LogP contribution is -2.14. The number of amides is 1. The van der Waals surface area contributed by atoms with Gasteiger partial charge in [-0.1, -0.05) is 20.8 Å². The van der Waals surface area contributed by atoms with Gasteiger partial charge in [0.15, 0.2) is 0 Å². The summed E-state index contributed by atoms with van der Waals surface area (Å²) in [7, 11) is 3.15. The first-order valence-electron chi connectivity index (χ1n) is 9.41. The van der Waals surface area contributed by atoms with Gasteiger partial charge in [0.05, 0.1) is 19.9 Å². The Kier molecular flexibility index (Phi) is 6.15. The Bertz CT molecular complexity index is 1050. The van der Waals surface area contributed by atoms with E-state index < -0.39 is 0 Å². The van der Waals surface area contributed by atoms with Gasteiger partial charge in [0.1, 0.15) is 17.3 Å². The second kappa shape index (κ2) is 8.77. The fraction of sp³-hybridized carbons (Fsp3) is 0.273. The Morgan fingerprint density at radius 3 is 2.47 bits per heavy atom. The Morgan fingerprint density at radius 1 is 1.10 bits per heavy atom. The molecule has 2 aromatic heterocycles. The third-order valence-corrected chi connectivity index (χ3v) is 4.33. The molecule has 0 bridgehead atoms. The van der Waals surface area contributed by atoms with E-state index in [9.17, 15) is 4.79 Å². The first-order chi connectivity index (χ1) is 14.3. The van der Waals surface area contributed by atoms with Crippen LogP contribution in [0.4, 0.5) is 5.82 Å². The van der Waals surface area contributed by atoms with Crippen molar-refractivity contribution in [2.75, 3.05) is 19.5 Å². The zero-order valence-electron chi connectivity index (χ0n) is 17.7. The van der Waals surface area contributed by atoms with Crippen molar-refractivity contribution in [3.05, 3.63) is 60.1 Å². The van der Waals surface area contributed by atoms with Crippen molar-refractivity contribution in [1.29, 1.82) is 0 Å². The average Bonchev–Trinajstić information content (AvgIpc) is 3.17. The second-order valence-electron chi connectivity index (χ2n) is 7.56. The molecule has 1 aromatic carbocycles. The standard InChI is InChI=1S/C22H25N5O3/c1-22(2,3)18-14-19(27(26-18)21-23-11-6-12-24-21)25-20(28)10-8-15-7-9-16(29-4)13-17(15)30-5/h6-14H,1-5H3,(H,25,28)/b10-8+. The molecule has 0 atom stereocenters. The van der Waals surface area contributed by atoms with Crippen LogP contribution >= 0.6 is 0 Å². The van der Waals surface area contributed by atoms with Crippen LogP contribution in [-0.2, 0) is 10.2 Å². The molecule has 0 saturated heterocycles. The molecule has 1 N–H and O–H groups in total. The van der Waals surface area contributed by atoms with Crippen LogP contribution in [0.5, 0.6) is 11.5 Å². The van der Waals surface area contributed by atoms with E-state index in [1.165, 1.54) is 10.8 Å². The fourth-order valence-corrected chi connectivity index (χ4v) is 2.68. The van der Waals surface area contributed by atoms with E-state index in [1.807, 2.05) is 32.9 Å². The summed E-state index contributed by atoms with van der Waals surface area (Å²) in [6.07, 6.45) is 6.37. The van der Waals surface area contributed by atoms with E-state index in [1.54, 1.807) is 50.9 Å². The maximum atomic E-state index is 12.6. The molecule has 0 spiro atoms. The molecule has 1 amide bonds. The number of anilines is 1. The molecule has 8 nitrogen and oxygen atoms in total. The Morgan fingerprint density at radius 2 is 1.83 bits per heavy atom. The minimum Gasteiger partial charge on any atom is -0.497 e. The predicted octanol–water partition coefficient (Wildman–Crippen LogP) is 3.63. The Labute approximate surface area is 175 Å². The van der Waals surface area contributed by atoms with Crippen LogP contribution in [0, 0.1) is 0 Å². The van der Waals surface area contributed by atoms with Crippen LogP contribution < -0.4 is 14.8 Å². The highest BCUT2D eigenvalue weighted by Crippen LogP contribution is 2.27. The number of hydrogen-bond donors (Lipinski definition) is 1. The van der Waals surface area contributed by atoms with Gasteiger partial charge in [-0.2, -0.15) is 9.78 Å². The third-order valence-electron chi connectivity index (χ3n) is 4.33. The van der Waals surface area contributed by atoms with Crippen LogP contribution in [0.1, 0.15) is 32.0 Å². The van der Waals surface area contributed by atoms with Crippen molar-refractivity contribution >= 4 is 17.8 Å². The van der Waals surface area contributed by atoms with E-state index in [0.29, 0.717) is 23.3 Å². The maximum Gasteiger partial charge on any atom is 0.252 e. The van der Waals surface area contributed by atoms with Crippen LogP contribution in [0.3, 0.4) is 0 Å². The monoisotopic (exact) mass is 407 g/mol. The highest BCUT2D eigenvalue weighted by Gasteiger charge is 2.22. The zero-order valence-corrected chi connectivity index (χ0v) is 17.7. The normalized spacial score (nSPS) is 11.5. The number of carbonyl (C=O) groups excluding carboxylic acids is 1. The van der Waals surface area contributed by atoms with Gasteiger partial charge in [-0.05, 0) is 24.3 Å². The maximum absolute atomic E-state index is 12.6. The predicted molar refractivity (Wildman–Crippen MR) is 115 cm³/mol. The highest BCUT2D eigenvalue weighted by atomic mass is 16.5. The fourth-order valence-electron chi connectivity index (χ4n) is 2.68. The van der Waals surface area contributed by atoms with Crippen molar-refractivity contribution in [2.24, 2.45) is 0 Å². The summed E-state index contributed by atoms with van der Waals surface area (Å²) < 4.78 is 12.1. The van der Waals surface area contributed by atoms with E-state index in [2.05, 4.69) is 20.4 Å². The Balaban J connectivity index is 1.86. The van der Waals surface area contributed by atoms with Gasteiger partial charge in [0.25, 0.3) is 5.95 Å². The molecule has 3 aromatic rings. The number of carbonyl (C=O) groups is 1. The second-order valence-corrected chi connectivity index (χ2v) is 7.56. The van der Waals surface area contributed by atoms with Gasteiger partial charge in [-0.15, -0.1) is 0 Å². The van der Waals surface area contributed by atoms with E-state index in [0.717, 1.165) is 11.3 Å². The van der Waals surface area contributed by atoms with Crippen LogP contribution in [0.2, 0.25) is 0 Å². The van der Waals surface area contributed by atoms with Gasteiger partial charge in [-0.25, -0.2) is 9.97 Å². The number of benzene rings is 1. The number of nitrogens with zero attached hydrogens (tertiary/aromatic N) is 4. The van der Waals surface area contributed by atoms with Gasteiger partial charge >= 0.3 is 0 Å². The molecule has 0 aliphatic rings. The molecule has 0 saturated carbocycles. The largest absolute Gasteiger partial charge is 0.497 e. The SMILES string of the molecule is COc1ccc(/C=C/C(=O)Nc2cc(C(C)(C)C)nn2-c2ncccn2)c(OC)c1. The van der Waals surface area contributed by atoms with Gasteiger partial charge in [-0.3, -0.25) is 4.79 Å². The highest BCUT2D eigenvalue weighted by molar-refractivity contribution is 6.01. The molecule has 0 fully saturated rings. The molecule has 0 radical (unpaired) electrons. The minimum absolute atomic E-state index is 0.203. The third kappa shape index (κ3) is 4.83. The molecule has 30 heavy (non-hydrogen) atoms. The van der Waals surface area contributed by atoms with Crippen molar-refractivity contribution in [3.8, 4) is 17.4 Å². The lowest BCUT2D eigenvalue weighted by molar-refractivity contribution is -0.111. The number of ether oxygens (including phenoxy) is 2.